The molecule has 1 aliphatic heterocycles. The van der Waals surface area contributed by atoms with Gasteiger partial charge in [0.2, 0.25) is 10.0 Å². The van der Waals surface area contributed by atoms with E-state index in [4.69, 9.17) is 0 Å². The van der Waals surface area contributed by atoms with Crippen LogP contribution >= 0.6 is 0 Å². The molecule has 1 aliphatic rings. The molecule has 0 N–H and O–H groups in total. The first-order valence-electron chi connectivity index (χ1n) is 8.59. The Morgan fingerprint density at radius 2 is 2.04 bits per heavy atom. The van der Waals surface area contributed by atoms with E-state index >= 15 is 0 Å². The number of carbonyl (C=O) groups excluding carboxylic acids is 1. The maximum Gasteiger partial charge on any atom is 0.254 e. The van der Waals surface area contributed by atoms with Crippen molar-refractivity contribution in [3.63, 3.8) is 0 Å². The number of hydrogen-bond acceptors (Lipinski definition) is 3. The molecule has 0 spiro atoms. The molecule has 0 radical (unpaired) electrons. The zero-order valence-electron chi connectivity index (χ0n) is 15.2. The monoisotopic (exact) mass is 352 g/mol. The summed E-state index contributed by atoms with van der Waals surface area (Å²) in [4.78, 5) is 14.9. The summed E-state index contributed by atoms with van der Waals surface area (Å²) in [5, 5.41) is 0. The highest BCUT2D eigenvalue weighted by molar-refractivity contribution is 7.89. The molecule has 1 fully saturated rings. The van der Waals surface area contributed by atoms with Crippen LogP contribution in [0.5, 0.6) is 0 Å². The molecule has 5 nitrogen and oxygen atoms in total. The van der Waals surface area contributed by atoms with E-state index in [9.17, 15) is 13.2 Å². The quantitative estimate of drug-likeness (QED) is 0.818. The second kappa shape index (κ2) is 7.23. The molecule has 1 saturated heterocycles. The van der Waals surface area contributed by atoms with Gasteiger partial charge in [-0.2, -0.15) is 4.31 Å². The topological polar surface area (TPSA) is 57.7 Å². The zero-order valence-corrected chi connectivity index (χ0v) is 16.0. The average molecular weight is 353 g/mol. The molecule has 0 aliphatic carbocycles. The summed E-state index contributed by atoms with van der Waals surface area (Å²) in [6.45, 7) is 8.64. The van der Waals surface area contributed by atoms with Crippen LogP contribution in [0.4, 0.5) is 0 Å². The summed E-state index contributed by atoms with van der Waals surface area (Å²) in [7, 11) is -2.03. The fourth-order valence-electron chi connectivity index (χ4n) is 3.28. The summed E-state index contributed by atoms with van der Waals surface area (Å²) in [6, 6.07) is 6.50. The summed E-state index contributed by atoms with van der Waals surface area (Å²) >= 11 is 0. The second-order valence-corrected chi connectivity index (χ2v) is 8.88. The van der Waals surface area contributed by atoms with Crippen molar-refractivity contribution < 1.29 is 13.2 Å². The van der Waals surface area contributed by atoms with Gasteiger partial charge in [-0.05, 0) is 50.8 Å². The van der Waals surface area contributed by atoms with Crippen molar-refractivity contribution in [2.75, 3.05) is 13.6 Å². The van der Waals surface area contributed by atoms with Crippen LogP contribution < -0.4 is 0 Å². The molecule has 6 heteroatoms. The molecule has 1 aromatic rings. The van der Waals surface area contributed by atoms with Crippen molar-refractivity contribution in [2.45, 2.75) is 57.5 Å². The maximum absolute atomic E-state index is 12.9. The van der Waals surface area contributed by atoms with Gasteiger partial charge in [-0.1, -0.05) is 19.9 Å². The Bertz CT molecular complexity index is 700. The Labute approximate surface area is 145 Å². The lowest BCUT2D eigenvalue weighted by Gasteiger charge is -2.26. The van der Waals surface area contributed by atoms with Gasteiger partial charge in [0, 0.05) is 31.2 Å². The maximum atomic E-state index is 12.9. The van der Waals surface area contributed by atoms with Crippen LogP contribution in [0.15, 0.2) is 29.2 Å². The molecule has 2 rings (SSSR count). The Morgan fingerprint density at radius 3 is 2.62 bits per heavy atom. The Balaban J connectivity index is 2.33. The van der Waals surface area contributed by atoms with Gasteiger partial charge in [0.05, 0.1) is 4.90 Å². The minimum Gasteiger partial charge on any atom is -0.335 e. The molecule has 0 unspecified atom stereocenters. The standard InChI is InChI=1S/C18H28N2O3S/c1-6-17-14(4)10-11-20(17)18(21)15-8-7-9-16(12-15)24(22,23)19(5)13(2)3/h7-9,12-14,17H,6,10-11H2,1-5H3/t14-,17-/m1/s1. The minimum absolute atomic E-state index is 0.0737. The minimum atomic E-state index is -3.59. The molecule has 0 aromatic heterocycles. The normalized spacial score (nSPS) is 21.7. The van der Waals surface area contributed by atoms with Gasteiger partial charge >= 0.3 is 0 Å². The Hall–Kier alpha value is -1.40. The number of amides is 1. The van der Waals surface area contributed by atoms with Gasteiger partial charge in [-0.15, -0.1) is 0 Å². The highest BCUT2D eigenvalue weighted by Crippen LogP contribution is 2.28. The van der Waals surface area contributed by atoms with E-state index in [0.29, 0.717) is 11.5 Å². The van der Waals surface area contributed by atoms with E-state index in [1.807, 2.05) is 18.7 Å². The number of likely N-dealkylation sites (tertiary alicyclic amines) is 1. The molecule has 1 heterocycles. The zero-order chi connectivity index (χ0) is 18.1. The van der Waals surface area contributed by atoms with Crippen LogP contribution in [-0.2, 0) is 10.0 Å². The number of sulfonamides is 1. The van der Waals surface area contributed by atoms with Crippen molar-refractivity contribution in [3.05, 3.63) is 29.8 Å². The van der Waals surface area contributed by atoms with Crippen LogP contribution in [0.1, 0.15) is 50.9 Å². The fourth-order valence-corrected chi connectivity index (χ4v) is 4.70. The van der Waals surface area contributed by atoms with Gasteiger partial charge in [0.15, 0.2) is 0 Å². The predicted octanol–water partition coefficient (Wildman–Crippen LogP) is 2.98. The van der Waals surface area contributed by atoms with Crippen molar-refractivity contribution in [2.24, 2.45) is 5.92 Å². The number of benzene rings is 1. The van der Waals surface area contributed by atoms with Gasteiger partial charge in [0.25, 0.3) is 5.91 Å². The SMILES string of the molecule is CC[C@@H]1[C@H](C)CCN1C(=O)c1cccc(S(=O)(=O)N(C)C(C)C)c1. The van der Waals surface area contributed by atoms with Crippen molar-refractivity contribution in [3.8, 4) is 0 Å². The third-order valence-electron chi connectivity index (χ3n) is 5.05. The van der Waals surface area contributed by atoms with Gasteiger partial charge in [-0.25, -0.2) is 8.42 Å². The first kappa shape index (κ1) is 18.9. The summed E-state index contributed by atoms with van der Waals surface area (Å²) in [6.07, 6.45) is 1.92. The number of nitrogens with zero attached hydrogens (tertiary/aromatic N) is 2. The largest absolute Gasteiger partial charge is 0.335 e. The molecule has 1 amide bonds. The lowest BCUT2D eigenvalue weighted by atomic mass is 10.0. The molecule has 0 saturated carbocycles. The smallest absolute Gasteiger partial charge is 0.254 e. The summed E-state index contributed by atoms with van der Waals surface area (Å²) in [5.74, 6) is 0.411. The fraction of sp³-hybridized carbons (Fsp3) is 0.611. The third kappa shape index (κ3) is 3.49. The Morgan fingerprint density at radius 1 is 1.38 bits per heavy atom. The summed E-state index contributed by atoms with van der Waals surface area (Å²) < 4.78 is 26.6. The van der Waals surface area contributed by atoms with Crippen molar-refractivity contribution in [1.82, 2.24) is 9.21 Å². The average Bonchev–Trinajstić information content (AvgIpc) is 2.94. The Kier molecular flexibility index (Phi) is 5.71. The number of hydrogen-bond donors (Lipinski definition) is 0. The molecule has 2 atom stereocenters. The van der Waals surface area contributed by atoms with E-state index in [2.05, 4.69) is 13.8 Å². The lowest BCUT2D eigenvalue weighted by molar-refractivity contribution is 0.0718. The van der Waals surface area contributed by atoms with Crippen LogP contribution in [0.3, 0.4) is 0 Å². The molecule has 0 bridgehead atoms. The van der Waals surface area contributed by atoms with Gasteiger partial charge < -0.3 is 4.90 Å². The second-order valence-electron chi connectivity index (χ2n) is 6.88. The number of carbonyl (C=O) groups is 1. The molecule has 134 valence electrons. The summed E-state index contributed by atoms with van der Waals surface area (Å²) in [5.41, 5.74) is 0.445. The van der Waals surface area contributed by atoms with Gasteiger partial charge in [-0.3, -0.25) is 4.79 Å². The van der Waals surface area contributed by atoms with Crippen molar-refractivity contribution in [1.29, 1.82) is 0 Å². The highest BCUT2D eigenvalue weighted by Gasteiger charge is 2.34. The van der Waals surface area contributed by atoms with Gasteiger partial charge in [0.1, 0.15) is 0 Å². The first-order valence-corrected chi connectivity index (χ1v) is 10.0. The third-order valence-corrected chi connectivity index (χ3v) is 7.08. The first-order chi connectivity index (χ1) is 11.2. The molecular weight excluding hydrogens is 324 g/mol. The molecule has 1 aromatic carbocycles. The highest BCUT2D eigenvalue weighted by atomic mass is 32.2. The molecule has 24 heavy (non-hydrogen) atoms. The van der Waals surface area contributed by atoms with E-state index in [-0.39, 0.29) is 22.9 Å². The van der Waals surface area contributed by atoms with E-state index in [1.165, 1.54) is 10.4 Å². The lowest BCUT2D eigenvalue weighted by Crippen LogP contribution is -2.37. The predicted molar refractivity (Wildman–Crippen MR) is 95.4 cm³/mol. The number of rotatable bonds is 5. The van der Waals surface area contributed by atoms with Crippen LogP contribution in [-0.4, -0.2) is 49.2 Å². The van der Waals surface area contributed by atoms with Crippen molar-refractivity contribution >= 4 is 15.9 Å². The van der Waals surface area contributed by atoms with E-state index in [0.717, 1.165) is 19.4 Å². The van der Waals surface area contributed by atoms with Crippen LogP contribution in [0, 0.1) is 5.92 Å². The van der Waals surface area contributed by atoms with Crippen LogP contribution in [0.25, 0.3) is 0 Å². The molecular formula is C18H28N2O3S. The van der Waals surface area contributed by atoms with E-state index in [1.54, 1.807) is 25.2 Å². The van der Waals surface area contributed by atoms with E-state index < -0.39 is 10.0 Å². The van der Waals surface area contributed by atoms with Crippen LogP contribution in [0.2, 0.25) is 0 Å².